The molecule has 14 heavy (non-hydrogen) atoms. The van der Waals surface area contributed by atoms with Crippen molar-refractivity contribution in [1.82, 2.24) is 4.90 Å². The second kappa shape index (κ2) is 3.56. The Morgan fingerprint density at radius 3 is 2.57 bits per heavy atom. The molecule has 0 radical (unpaired) electrons. The van der Waals surface area contributed by atoms with Gasteiger partial charge in [0.25, 0.3) is 0 Å². The largest absolute Gasteiger partial charge is 0.339 e. The van der Waals surface area contributed by atoms with Gasteiger partial charge in [0, 0.05) is 19.0 Å². The number of hydrogen-bond acceptors (Lipinski definition) is 1. The standard InChI is InChI=1S/C11H17NO.CH4/c13-10-5-4-8-2-1-3-9-6-7-12(10)11(8)9;/h8-9,11H,1-7H2;1H4. The van der Waals surface area contributed by atoms with Gasteiger partial charge in [0.15, 0.2) is 0 Å². The number of carbonyl (C=O) groups excluding carboxylic acids is 1. The first-order valence-electron chi connectivity index (χ1n) is 5.66. The lowest BCUT2D eigenvalue weighted by atomic mass is 9.74. The molecule has 0 N–H and O–H groups in total. The van der Waals surface area contributed by atoms with Crippen molar-refractivity contribution >= 4 is 5.91 Å². The molecule has 3 rings (SSSR count). The minimum absolute atomic E-state index is 0. The Bertz CT molecular complexity index is 238. The summed E-state index contributed by atoms with van der Waals surface area (Å²) < 4.78 is 0. The third-order valence-electron chi connectivity index (χ3n) is 4.27. The number of nitrogens with zero attached hydrogens (tertiary/aromatic N) is 1. The zero-order valence-corrected chi connectivity index (χ0v) is 8.04. The van der Waals surface area contributed by atoms with Gasteiger partial charge in [-0.3, -0.25) is 4.79 Å². The maximum Gasteiger partial charge on any atom is 0.222 e. The molecule has 0 aromatic heterocycles. The molecule has 3 atom stereocenters. The first-order valence-corrected chi connectivity index (χ1v) is 5.66. The van der Waals surface area contributed by atoms with E-state index in [2.05, 4.69) is 4.90 Å². The summed E-state index contributed by atoms with van der Waals surface area (Å²) in [5.74, 6) is 2.16. The van der Waals surface area contributed by atoms with Gasteiger partial charge < -0.3 is 4.90 Å². The monoisotopic (exact) mass is 195 g/mol. The van der Waals surface area contributed by atoms with Gasteiger partial charge in [-0.25, -0.2) is 0 Å². The van der Waals surface area contributed by atoms with Gasteiger partial charge in [-0.15, -0.1) is 0 Å². The van der Waals surface area contributed by atoms with E-state index >= 15 is 0 Å². The average molecular weight is 195 g/mol. The van der Waals surface area contributed by atoms with Crippen molar-refractivity contribution in [1.29, 1.82) is 0 Å². The molecule has 80 valence electrons. The van der Waals surface area contributed by atoms with Crippen LogP contribution in [0.15, 0.2) is 0 Å². The normalized spacial score (nSPS) is 40.4. The zero-order valence-electron chi connectivity index (χ0n) is 8.04. The predicted molar refractivity (Wildman–Crippen MR) is 56.9 cm³/mol. The minimum atomic E-state index is 0. The molecule has 0 bridgehead atoms. The maximum absolute atomic E-state index is 11.6. The molecule has 1 aliphatic carbocycles. The van der Waals surface area contributed by atoms with E-state index in [9.17, 15) is 4.79 Å². The zero-order chi connectivity index (χ0) is 8.84. The lowest BCUT2D eigenvalue weighted by molar-refractivity contribution is -0.138. The highest BCUT2D eigenvalue weighted by atomic mass is 16.2. The molecule has 3 unspecified atom stereocenters. The Balaban J connectivity index is 0.000000750. The predicted octanol–water partition coefficient (Wildman–Crippen LogP) is 2.43. The van der Waals surface area contributed by atoms with Gasteiger partial charge in [-0.1, -0.05) is 13.8 Å². The Labute approximate surface area is 86.7 Å². The van der Waals surface area contributed by atoms with Crippen molar-refractivity contribution in [2.24, 2.45) is 11.8 Å². The smallest absolute Gasteiger partial charge is 0.222 e. The lowest BCUT2D eigenvalue weighted by Gasteiger charge is -2.42. The van der Waals surface area contributed by atoms with Crippen LogP contribution >= 0.6 is 0 Å². The fourth-order valence-electron chi connectivity index (χ4n) is 3.71. The highest BCUT2D eigenvalue weighted by Crippen LogP contribution is 2.44. The molecule has 2 heteroatoms. The molecule has 3 aliphatic rings. The summed E-state index contributed by atoms with van der Waals surface area (Å²) in [6, 6.07) is 0.662. The fourth-order valence-corrected chi connectivity index (χ4v) is 3.71. The van der Waals surface area contributed by atoms with E-state index in [1.54, 1.807) is 0 Å². The van der Waals surface area contributed by atoms with Crippen LogP contribution in [0.3, 0.4) is 0 Å². The number of hydrogen-bond donors (Lipinski definition) is 0. The van der Waals surface area contributed by atoms with Gasteiger partial charge in [0.2, 0.25) is 5.91 Å². The molecule has 2 nitrogen and oxygen atoms in total. The minimum Gasteiger partial charge on any atom is -0.339 e. The molecule has 1 amide bonds. The van der Waals surface area contributed by atoms with E-state index in [1.165, 1.54) is 32.1 Å². The number of carbonyl (C=O) groups is 1. The molecular weight excluding hydrogens is 174 g/mol. The van der Waals surface area contributed by atoms with E-state index in [-0.39, 0.29) is 7.43 Å². The van der Waals surface area contributed by atoms with Crippen molar-refractivity contribution < 1.29 is 4.79 Å². The fraction of sp³-hybridized carbons (Fsp3) is 0.917. The molecule has 2 heterocycles. The Morgan fingerprint density at radius 2 is 1.79 bits per heavy atom. The summed E-state index contributed by atoms with van der Waals surface area (Å²) in [5, 5.41) is 0. The van der Waals surface area contributed by atoms with E-state index < -0.39 is 0 Å². The van der Waals surface area contributed by atoms with Crippen LogP contribution in [0.5, 0.6) is 0 Å². The van der Waals surface area contributed by atoms with E-state index in [1.807, 2.05) is 0 Å². The topological polar surface area (TPSA) is 20.3 Å². The molecule has 2 saturated heterocycles. The molecule has 0 spiro atoms. The lowest BCUT2D eigenvalue weighted by Crippen LogP contribution is -2.48. The SMILES string of the molecule is C.O=C1CCC2CCCC3CCN1C23. The van der Waals surface area contributed by atoms with Gasteiger partial charge in [0.05, 0.1) is 0 Å². The number of rotatable bonds is 0. The quantitative estimate of drug-likeness (QED) is 0.581. The van der Waals surface area contributed by atoms with Crippen LogP contribution in [0.25, 0.3) is 0 Å². The van der Waals surface area contributed by atoms with Crippen LogP contribution in [0.2, 0.25) is 0 Å². The summed E-state index contributed by atoms with van der Waals surface area (Å²) in [4.78, 5) is 13.8. The molecule has 0 aromatic carbocycles. The van der Waals surface area contributed by atoms with Crippen molar-refractivity contribution in [2.45, 2.75) is 52.0 Å². The average Bonchev–Trinajstić information content (AvgIpc) is 2.57. The summed E-state index contributed by atoms with van der Waals surface area (Å²) in [7, 11) is 0. The number of piperidine rings is 1. The van der Waals surface area contributed by atoms with Gasteiger partial charge in [-0.05, 0) is 37.5 Å². The summed E-state index contributed by atoms with van der Waals surface area (Å²) in [6.07, 6.45) is 7.46. The summed E-state index contributed by atoms with van der Waals surface area (Å²) in [6.45, 7) is 1.06. The van der Waals surface area contributed by atoms with E-state index in [4.69, 9.17) is 0 Å². The first kappa shape index (κ1) is 10.0. The Morgan fingerprint density at radius 1 is 1.07 bits per heavy atom. The van der Waals surface area contributed by atoms with Crippen LogP contribution in [0.1, 0.15) is 46.0 Å². The maximum atomic E-state index is 11.6. The van der Waals surface area contributed by atoms with Crippen molar-refractivity contribution in [3.8, 4) is 0 Å². The van der Waals surface area contributed by atoms with Crippen molar-refractivity contribution in [3.05, 3.63) is 0 Å². The second-order valence-electron chi connectivity index (χ2n) is 4.86. The molecular formula is C12H21NO. The van der Waals surface area contributed by atoms with E-state index in [0.717, 1.165) is 24.8 Å². The van der Waals surface area contributed by atoms with Crippen LogP contribution in [-0.4, -0.2) is 23.4 Å². The Kier molecular flexibility index (Phi) is 2.54. The van der Waals surface area contributed by atoms with Crippen LogP contribution < -0.4 is 0 Å². The highest BCUT2D eigenvalue weighted by molar-refractivity contribution is 5.77. The van der Waals surface area contributed by atoms with Crippen molar-refractivity contribution in [2.75, 3.05) is 6.54 Å². The summed E-state index contributed by atoms with van der Waals surface area (Å²) in [5.41, 5.74) is 0. The van der Waals surface area contributed by atoms with Crippen LogP contribution in [-0.2, 0) is 4.79 Å². The van der Waals surface area contributed by atoms with Crippen molar-refractivity contribution in [3.63, 3.8) is 0 Å². The highest BCUT2D eigenvalue weighted by Gasteiger charge is 2.45. The third-order valence-corrected chi connectivity index (χ3v) is 4.27. The molecule has 3 fully saturated rings. The van der Waals surface area contributed by atoms with Crippen LogP contribution in [0, 0.1) is 11.8 Å². The van der Waals surface area contributed by atoms with E-state index in [0.29, 0.717) is 11.9 Å². The third kappa shape index (κ3) is 1.27. The second-order valence-corrected chi connectivity index (χ2v) is 4.86. The molecule has 0 aromatic rings. The van der Waals surface area contributed by atoms with Gasteiger partial charge >= 0.3 is 0 Å². The molecule has 2 aliphatic heterocycles. The summed E-state index contributed by atoms with van der Waals surface area (Å²) >= 11 is 0. The first-order chi connectivity index (χ1) is 6.36. The van der Waals surface area contributed by atoms with Crippen LogP contribution in [0.4, 0.5) is 0 Å². The van der Waals surface area contributed by atoms with Gasteiger partial charge in [-0.2, -0.15) is 0 Å². The Hall–Kier alpha value is -0.530. The number of amides is 1. The van der Waals surface area contributed by atoms with Gasteiger partial charge in [0.1, 0.15) is 0 Å². The molecule has 1 saturated carbocycles.